The van der Waals surface area contributed by atoms with Gasteiger partial charge in [0.1, 0.15) is 5.82 Å². The standard InChI is InChI=1S/C10H13N5O2/c1-8-12-4-9(5-13-8)6-14-3-2-11-10(14)7-15(16)17/h4-5H,2-3,6-7H2,1H3. The molecular formula is C10H13N5O2. The summed E-state index contributed by atoms with van der Waals surface area (Å²) in [6.07, 6.45) is 3.48. The van der Waals surface area contributed by atoms with Gasteiger partial charge in [-0.1, -0.05) is 0 Å². The third kappa shape index (κ3) is 2.96. The Morgan fingerprint density at radius 3 is 2.82 bits per heavy atom. The molecule has 17 heavy (non-hydrogen) atoms. The number of rotatable bonds is 4. The quantitative estimate of drug-likeness (QED) is 0.552. The molecule has 0 unspecified atom stereocenters. The van der Waals surface area contributed by atoms with Crippen molar-refractivity contribution in [2.75, 3.05) is 19.6 Å². The van der Waals surface area contributed by atoms with E-state index in [0.29, 0.717) is 24.7 Å². The van der Waals surface area contributed by atoms with Gasteiger partial charge in [0, 0.05) is 36.0 Å². The first kappa shape index (κ1) is 11.4. The molecule has 0 amide bonds. The van der Waals surface area contributed by atoms with Crippen LogP contribution in [0.4, 0.5) is 0 Å². The first-order chi connectivity index (χ1) is 8.15. The van der Waals surface area contributed by atoms with E-state index in [-0.39, 0.29) is 11.5 Å². The summed E-state index contributed by atoms with van der Waals surface area (Å²) < 4.78 is 0. The van der Waals surface area contributed by atoms with Crippen molar-refractivity contribution < 1.29 is 4.92 Å². The molecule has 2 heterocycles. The summed E-state index contributed by atoms with van der Waals surface area (Å²) >= 11 is 0. The van der Waals surface area contributed by atoms with Crippen LogP contribution in [-0.4, -0.2) is 45.3 Å². The fraction of sp³-hybridized carbons (Fsp3) is 0.500. The molecule has 1 aromatic heterocycles. The lowest BCUT2D eigenvalue weighted by atomic mass is 10.3. The van der Waals surface area contributed by atoms with E-state index in [1.165, 1.54) is 0 Å². The highest BCUT2D eigenvalue weighted by Gasteiger charge is 2.21. The molecule has 1 aliphatic heterocycles. The van der Waals surface area contributed by atoms with E-state index in [4.69, 9.17) is 0 Å². The van der Waals surface area contributed by atoms with Gasteiger partial charge in [0.25, 0.3) is 6.54 Å². The first-order valence-corrected chi connectivity index (χ1v) is 5.33. The van der Waals surface area contributed by atoms with Crippen molar-refractivity contribution in [3.05, 3.63) is 33.9 Å². The molecule has 0 radical (unpaired) electrons. The highest BCUT2D eigenvalue weighted by atomic mass is 16.6. The van der Waals surface area contributed by atoms with E-state index < -0.39 is 0 Å². The SMILES string of the molecule is Cc1ncc(CN2CCN=C2C[N+](=O)[O-])cn1. The van der Waals surface area contributed by atoms with Crippen LogP contribution in [0, 0.1) is 17.0 Å². The number of aryl methyl sites for hydroxylation is 1. The van der Waals surface area contributed by atoms with Crippen molar-refractivity contribution >= 4 is 5.84 Å². The second-order valence-electron chi connectivity index (χ2n) is 3.85. The van der Waals surface area contributed by atoms with E-state index in [2.05, 4.69) is 15.0 Å². The largest absolute Gasteiger partial charge is 0.349 e. The van der Waals surface area contributed by atoms with Gasteiger partial charge in [-0.3, -0.25) is 15.1 Å². The number of hydrogen-bond acceptors (Lipinski definition) is 6. The molecule has 0 saturated heterocycles. The molecule has 0 bridgehead atoms. The van der Waals surface area contributed by atoms with Crippen LogP contribution in [0.5, 0.6) is 0 Å². The predicted molar refractivity (Wildman–Crippen MR) is 61.3 cm³/mol. The van der Waals surface area contributed by atoms with Crippen LogP contribution in [0.3, 0.4) is 0 Å². The highest BCUT2D eigenvalue weighted by Crippen LogP contribution is 2.08. The zero-order valence-corrected chi connectivity index (χ0v) is 9.54. The van der Waals surface area contributed by atoms with Gasteiger partial charge in [-0.2, -0.15) is 0 Å². The van der Waals surface area contributed by atoms with Crippen molar-refractivity contribution in [2.24, 2.45) is 4.99 Å². The number of aromatic nitrogens is 2. The van der Waals surface area contributed by atoms with Crippen molar-refractivity contribution in [2.45, 2.75) is 13.5 Å². The van der Waals surface area contributed by atoms with E-state index in [9.17, 15) is 10.1 Å². The van der Waals surface area contributed by atoms with Crippen molar-refractivity contribution in [1.29, 1.82) is 0 Å². The minimum atomic E-state index is -0.358. The Morgan fingerprint density at radius 1 is 1.47 bits per heavy atom. The van der Waals surface area contributed by atoms with Gasteiger partial charge in [0.05, 0.1) is 6.54 Å². The average Bonchev–Trinajstić information content (AvgIpc) is 2.68. The van der Waals surface area contributed by atoms with Crippen molar-refractivity contribution in [1.82, 2.24) is 14.9 Å². The third-order valence-corrected chi connectivity index (χ3v) is 2.51. The zero-order chi connectivity index (χ0) is 12.3. The van der Waals surface area contributed by atoms with Crippen LogP contribution in [0.2, 0.25) is 0 Å². The molecule has 1 aliphatic rings. The molecule has 7 heteroatoms. The summed E-state index contributed by atoms with van der Waals surface area (Å²) in [7, 11) is 0. The van der Waals surface area contributed by atoms with E-state index in [1.807, 2.05) is 11.8 Å². The van der Waals surface area contributed by atoms with Crippen LogP contribution in [-0.2, 0) is 6.54 Å². The van der Waals surface area contributed by atoms with Crippen LogP contribution in [0.1, 0.15) is 11.4 Å². The molecule has 90 valence electrons. The maximum absolute atomic E-state index is 10.5. The van der Waals surface area contributed by atoms with Crippen LogP contribution < -0.4 is 0 Å². The Morgan fingerprint density at radius 2 is 2.18 bits per heavy atom. The van der Waals surface area contributed by atoms with Crippen molar-refractivity contribution in [3.8, 4) is 0 Å². The predicted octanol–water partition coefficient (Wildman–Crippen LogP) is 0.276. The smallest absolute Gasteiger partial charge is 0.260 e. The normalized spacial score (nSPS) is 14.9. The minimum Gasteiger partial charge on any atom is -0.349 e. The average molecular weight is 235 g/mol. The number of amidine groups is 1. The number of nitro groups is 1. The Bertz CT molecular complexity index is 443. The van der Waals surface area contributed by atoms with Crippen LogP contribution in [0.25, 0.3) is 0 Å². The second-order valence-corrected chi connectivity index (χ2v) is 3.85. The number of hydrogen-bond donors (Lipinski definition) is 0. The molecule has 0 aliphatic carbocycles. The maximum Gasteiger partial charge on any atom is 0.260 e. The summed E-state index contributed by atoms with van der Waals surface area (Å²) in [6, 6.07) is 0. The molecule has 0 saturated carbocycles. The van der Waals surface area contributed by atoms with E-state index in [1.54, 1.807) is 12.4 Å². The molecule has 7 nitrogen and oxygen atoms in total. The lowest BCUT2D eigenvalue weighted by molar-refractivity contribution is -0.464. The summed E-state index contributed by atoms with van der Waals surface area (Å²) in [5.74, 6) is 1.25. The molecule has 0 N–H and O–H groups in total. The lowest BCUT2D eigenvalue weighted by Gasteiger charge is -2.17. The Hall–Kier alpha value is -2.05. The van der Waals surface area contributed by atoms with E-state index in [0.717, 1.165) is 12.1 Å². The molecule has 0 fully saturated rings. The van der Waals surface area contributed by atoms with Gasteiger partial charge < -0.3 is 4.90 Å². The van der Waals surface area contributed by atoms with Gasteiger partial charge in [-0.15, -0.1) is 0 Å². The topological polar surface area (TPSA) is 84.5 Å². The van der Waals surface area contributed by atoms with Gasteiger partial charge in [-0.25, -0.2) is 9.97 Å². The fourth-order valence-electron chi connectivity index (χ4n) is 1.69. The maximum atomic E-state index is 10.5. The fourth-order valence-corrected chi connectivity index (χ4v) is 1.69. The van der Waals surface area contributed by atoms with Gasteiger partial charge >= 0.3 is 0 Å². The van der Waals surface area contributed by atoms with Crippen LogP contribution >= 0.6 is 0 Å². The Kier molecular flexibility index (Phi) is 3.27. The lowest BCUT2D eigenvalue weighted by Crippen LogP contribution is -2.32. The van der Waals surface area contributed by atoms with Crippen LogP contribution in [0.15, 0.2) is 17.4 Å². The van der Waals surface area contributed by atoms with Gasteiger partial charge in [0.15, 0.2) is 5.84 Å². The summed E-state index contributed by atoms with van der Waals surface area (Å²) in [5, 5.41) is 10.5. The molecular weight excluding hydrogens is 222 g/mol. The Balaban J connectivity index is 2.01. The summed E-state index contributed by atoms with van der Waals surface area (Å²) in [4.78, 5) is 24.3. The molecule has 2 rings (SSSR count). The summed E-state index contributed by atoms with van der Waals surface area (Å²) in [6.45, 7) is 3.52. The second kappa shape index (κ2) is 4.86. The summed E-state index contributed by atoms with van der Waals surface area (Å²) in [5.41, 5.74) is 0.938. The minimum absolute atomic E-state index is 0.216. The number of nitrogens with zero attached hydrogens (tertiary/aromatic N) is 5. The highest BCUT2D eigenvalue weighted by molar-refractivity contribution is 5.84. The monoisotopic (exact) mass is 235 g/mol. The van der Waals surface area contributed by atoms with E-state index >= 15 is 0 Å². The molecule has 1 aromatic rings. The molecule has 0 spiro atoms. The van der Waals surface area contributed by atoms with Gasteiger partial charge in [0.2, 0.25) is 0 Å². The first-order valence-electron chi connectivity index (χ1n) is 5.33. The Labute approximate surface area is 98.4 Å². The van der Waals surface area contributed by atoms with Crippen molar-refractivity contribution in [3.63, 3.8) is 0 Å². The number of aliphatic imine (C=N–C) groups is 1. The molecule has 0 aromatic carbocycles. The third-order valence-electron chi connectivity index (χ3n) is 2.51. The zero-order valence-electron chi connectivity index (χ0n) is 9.54. The molecule has 0 atom stereocenters. The van der Waals surface area contributed by atoms with Gasteiger partial charge in [-0.05, 0) is 6.92 Å².